The van der Waals surface area contributed by atoms with E-state index in [-0.39, 0.29) is 18.2 Å². The Morgan fingerprint density at radius 3 is 2.40 bits per heavy atom. The lowest BCUT2D eigenvalue weighted by Crippen LogP contribution is -2.27. The number of nitrogens with one attached hydrogen (secondary N) is 1. The van der Waals surface area contributed by atoms with Gasteiger partial charge < -0.3 is 25.5 Å². The van der Waals surface area contributed by atoms with Crippen LogP contribution in [0.15, 0.2) is 77.8 Å². The average molecular weight is 471 g/mol. The van der Waals surface area contributed by atoms with Gasteiger partial charge in [0, 0.05) is 42.2 Å². The second kappa shape index (κ2) is 10.2. The molecule has 0 saturated heterocycles. The summed E-state index contributed by atoms with van der Waals surface area (Å²) in [4.78, 5) is 33.5. The number of fused-ring (bicyclic) bond motifs is 1. The molecule has 3 aromatic carbocycles. The van der Waals surface area contributed by atoms with Crippen LogP contribution in [0.3, 0.4) is 0 Å². The first kappa shape index (κ1) is 23.7. The quantitative estimate of drug-likeness (QED) is 0.277. The average Bonchev–Trinajstić information content (AvgIpc) is 3.22. The van der Waals surface area contributed by atoms with Gasteiger partial charge in [-0.05, 0) is 36.4 Å². The van der Waals surface area contributed by atoms with Crippen molar-refractivity contribution < 1.29 is 19.4 Å². The highest BCUT2D eigenvalue weighted by Gasteiger charge is 2.20. The number of hydrogen-bond acceptors (Lipinski definition) is 6. The van der Waals surface area contributed by atoms with Crippen molar-refractivity contribution in [2.45, 2.75) is 6.42 Å². The molecular weight excluding hydrogens is 444 g/mol. The van der Waals surface area contributed by atoms with Crippen molar-refractivity contribution in [1.82, 2.24) is 4.98 Å². The maximum absolute atomic E-state index is 12.2. The number of H-pyrrole nitrogens is 1. The summed E-state index contributed by atoms with van der Waals surface area (Å²) >= 11 is 0. The normalized spacial score (nSPS) is 11.5. The summed E-state index contributed by atoms with van der Waals surface area (Å²) in [5.74, 6) is -0.591. The maximum Gasteiger partial charge on any atom is 0.337 e. The molecule has 1 aromatic heterocycles. The smallest absolute Gasteiger partial charge is 0.337 e. The number of anilines is 1. The molecule has 4 N–H and O–H groups in total. The van der Waals surface area contributed by atoms with Crippen LogP contribution in [0.25, 0.3) is 10.9 Å². The molecule has 1 amide bonds. The number of benzene rings is 3. The van der Waals surface area contributed by atoms with E-state index in [4.69, 9.17) is 15.5 Å². The van der Waals surface area contributed by atoms with Gasteiger partial charge in [-0.1, -0.05) is 36.4 Å². The van der Waals surface area contributed by atoms with Gasteiger partial charge in [0.25, 0.3) is 0 Å². The van der Waals surface area contributed by atoms with Crippen LogP contribution in [-0.4, -0.2) is 48.4 Å². The zero-order chi connectivity index (χ0) is 24.9. The van der Waals surface area contributed by atoms with Crippen molar-refractivity contribution in [2.24, 2.45) is 10.7 Å². The third-order valence-electron chi connectivity index (χ3n) is 5.69. The molecule has 178 valence electrons. The number of aliphatic imine (C=N–C) groups is 1. The third-order valence-corrected chi connectivity index (χ3v) is 5.69. The summed E-state index contributed by atoms with van der Waals surface area (Å²) in [6, 6.07) is 21.8. The highest BCUT2D eigenvalue weighted by atomic mass is 16.5. The minimum atomic E-state index is -0.463. The molecule has 0 spiro atoms. The van der Waals surface area contributed by atoms with Crippen molar-refractivity contribution in [2.75, 3.05) is 25.6 Å². The number of esters is 1. The van der Waals surface area contributed by atoms with Crippen LogP contribution in [0.2, 0.25) is 0 Å². The lowest BCUT2D eigenvalue weighted by atomic mass is 10.00. The van der Waals surface area contributed by atoms with E-state index in [2.05, 4.69) is 4.98 Å². The molecule has 8 heteroatoms. The molecule has 0 aliphatic heterocycles. The fraction of sp³-hybridized carbons (Fsp3) is 0.148. The zero-order valence-electron chi connectivity index (χ0n) is 19.5. The van der Waals surface area contributed by atoms with Crippen LogP contribution in [0.1, 0.15) is 27.9 Å². The van der Waals surface area contributed by atoms with E-state index in [0.29, 0.717) is 40.0 Å². The van der Waals surface area contributed by atoms with Crippen LogP contribution < -0.4 is 10.6 Å². The first-order chi connectivity index (χ1) is 16.9. The number of rotatable bonds is 7. The van der Waals surface area contributed by atoms with Gasteiger partial charge in [0.15, 0.2) is 5.88 Å². The molecule has 4 rings (SSSR count). The van der Waals surface area contributed by atoms with Crippen LogP contribution in [-0.2, 0) is 9.53 Å². The third kappa shape index (κ3) is 4.92. The predicted octanol–water partition coefficient (Wildman–Crippen LogP) is 4.14. The van der Waals surface area contributed by atoms with Gasteiger partial charge in [-0.2, -0.15) is 0 Å². The molecule has 0 atom stereocenters. The van der Waals surface area contributed by atoms with Crippen LogP contribution >= 0.6 is 0 Å². The summed E-state index contributed by atoms with van der Waals surface area (Å²) in [5.41, 5.74) is 9.70. The molecule has 0 unspecified atom stereocenters. The first-order valence-electron chi connectivity index (χ1n) is 11.1. The molecule has 0 radical (unpaired) electrons. The summed E-state index contributed by atoms with van der Waals surface area (Å²) in [6.07, 6.45) is 0.270. The summed E-state index contributed by atoms with van der Waals surface area (Å²) in [5, 5.41) is 11.6. The number of carbonyl (C=O) groups is 2. The number of aromatic amines is 1. The van der Waals surface area contributed by atoms with Gasteiger partial charge in [-0.15, -0.1) is 0 Å². The first-order valence-corrected chi connectivity index (χ1v) is 11.1. The van der Waals surface area contributed by atoms with Gasteiger partial charge in [-0.3, -0.25) is 4.79 Å². The number of methoxy groups -OCH3 is 1. The molecule has 8 nitrogen and oxygen atoms in total. The zero-order valence-corrected chi connectivity index (χ0v) is 19.5. The standard InChI is InChI=1S/C27H26N4O4/c1-31(23(32)14-15-28)20-11-9-19(10-12-20)29-25(17-6-4-3-5-7-17)24-21-13-8-18(27(34)35-2)16-22(21)30-26(24)33/h3-13,16,30,33H,14-15,28H2,1-2H3. The van der Waals surface area contributed by atoms with Crippen LogP contribution in [0.5, 0.6) is 5.88 Å². The van der Waals surface area contributed by atoms with Crippen molar-refractivity contribution in [1.29, 1.82) is 0 Å². The Balaban J connectivity index is 1.80. The van der Waals surface area contributed by atoms with E-state index in [1.165, 1.54) is 7.11 Å². The molecule has 0 bridgehead atoms. The molecule has 1 heterocycles. The topological polar surface area (TPSA) is 121 Å². The number of hydrogen-bond donors (Lipinski definition) is 3. The Morgan fingerprint density at radius 1 is 1.03 bits per heavy atom. The van der Waals surface area contributed by atoms with E-state index in [1.807, 2.05) is 54.6 Å². The van der Waals surface area contributed by atoms with Gasteiger partial charge in [0.1, 0.15) is 0 Å². The number of amides is 1. The summed E-state index contributed by atoms with van der Waals surface area (Å²) in [7, 11) is 3.03. The number of nitrogens with zero attached hydrogens (tertiary/aromatic N) is 2. The monoisotopic (exact) mass is 470 g/mol. The number of ether oxygens (including phenoxy) is 1. The lowest BCUT2D eigenvalue weighted by Gasteiger charge is -2.17. The number of carbonyl (C=O) groups excluding carboxylic acids is 2. The SMILES string of the molecule is COC(=O)c1ccc2c(C(=Nc3ccc(N(C)C(=O)CCN)cc3)c3ccccc3)c(O)[nH]c2c1. The van der Waals surface area contributed by atoms with E-state index in [1.54, 1.807) is 30.1 Å². The molecule has 0 saturated carbocycles. The molecule has 0 aliphatic carbocycles. The Morgan fingerprint density at radius 2 is 1.74 bits per heavy atom. The molecular formula is C27H26N4O4. The Hall–Kier alpha value is -4.43. The number of aromatic hydroxyl groups is 1. The van der Waals surface area contributed by atoms with Gasteiger partial charge in [0.2, 0.25) is 5.91 Å². The van der Waals surface area contributed by atoms with Crippen molar-refractivity contribution >= 4 is 39.9 Å². The Bertz CT molecular complexity index is 1390. The molecule has 4 aromatic rings. The van der Waals surface area contributed by atoms with Gasteiger partial charge in [0.05, 0.1) is 29.6 Å². The van der Waals surface area contributed by atoms with E-state index in [9.17, 15) is 14.7 Å². The van der Waals surface area contributed by atoms with E-state index in [0.717, 1.165) is 11.3 Å². The molecule has 0 fully saturated rings. The summed E-state index contributed by atoms with van der Waals surface area (Å²) < 4.78 is 4.80. The second-order valence-corrected chi connectivity index (χ2v) is 7.93. The molecule has 0 aliphatic rings. The van der Waals surface area contributed by atoms with Crippen molar-refractivity contribution in [3.63, 3.8) is 0 Å². The minimum Gasteiger partial charge on any atom is -0.494 e. The number of nitrogens with two attached hydrogens (primary N) is 1. The highest BCUT2D eigenvalue weighted by Crippen LogP contribution is 2.32. The predicted molar refractivity (Wildman–Crippen MR) is 137 cm³/mol. The fourth-order valence-electron chi connectivity index (χ4n) is 3.84. The van der Waals surface area contributed by atoms with Gasteiger partial charge in [-0.25, -0.2) is 9.79 Å². The maximum atomic E-state index is 12.2. The second-order valence-electron chi connectivity index (χ2n) is 7.93. The van der Waals surface area contributed by atoms with Crippen LogP contribution in [0.4, 0.5) is 11.4 Å². The van der Waals surface area contributed by atoms with Crippen molar-refractivity contribution in [3.8, 4) is 5.88 Å². The largest absolute Gasteiger partial charge is 0.494 e. The number of aromatic nitrogens is 1. The molecule has 35 heavy (non-hydrogen) atoms. The Labute approximate surface area is 202 Å². The van der Waals surface area contributed by atoms with Crippen LogP contribution in [0, 0.1) is 0 Å². The van der Waals surface area contributed by atoms with E-state index >= 15 is 0 Å². The van der Waals surface area contributed by atoms with E-state index < -0.39 is 5.97 Å². The minimum absolute atomic E-state index is 0.0617. The van der Waals surface area contributed by atoms with Crippen molar-refractivity contribution in [3.05, 3.63) is 89.5 Å². The highest BCUT2D eigenvalue weighted by molar-refractivity contribution is 6.22. The Kier molecular flexibility index (Phi) is 6.93. The van der Waals surface area contributed by atoms with Gasteiger partial charge >= 0.3 is 5.97 Å². The summed E-state index contributed by atoms with van der Waals surface area (Å²) in [6.45, 7) is 0.293. The fourth-order valence-corrected chi connectivity index (χ4v) is 3.84. The lowest BCUT2D eigenvalue weighted by molar-refractivity contribution is -0.118.